The Balaban J connectivity index is 2.23. The summed E-state index contributed by atoms with van der Waals surface area (Å²) in [5, 5.41) is 2.75. The van der Waals surface area contributed by atoms with E-state index in [0.29, 0.717) is 0 Å². The first kappa shape index (κ1) is 16.4. The molecule has 2 rings (SSSR count). The second-order valence-corrected chi connectivity index (χ2v) is 5.73. The average molecular weight is 386 g/mol. The largest absolute Gasteiger partial charge is 0.431 e. The third-order valence-corrected chi connectivity index (χ3v) is 3.74. The standard InChI is InChI=1S/C12H12BrClF2N2O3/c13-7-1-5(14)2-9(10(7)21-12(15)16)18-11(19)6-3-20-4-8(6)17/h1-2,6,8,12H,3-4,17H2,(H,18,19). The summed E-state index contributed by atoms with van der Waals surface area (Å²) in [6, 6.07) is 2.27. The third kappa shape index (κ3) is 4.03. The topological polar surface area (TPSA) is 73.6 Å². The summed E-state index contributed by atoms with van der Waals surface area (Å²) in [4.78, 5) is 12.1. The quantitative estimate of drug-likeness (QED) is 0.836. The van der Waals surface area contributed by atoms with Gasteiger partial charge in [0, 0.05) is 11.1 Å². The summed E-state index contributed by atoms with van der Waals surface area (Å²) in [7, 11) is 0. The van der Waals surface area contributed by atoms with Crippen molar-refractivity contribution >= 4 is 39.1 Å². The Labute approximate surface area is 132 Å². The number of carbonyl (C=O) groups is 1. The van der Waals surface area contributed by atoms with Gasteiger partial charge >= 0.3 is 6.61 Å². The maximum Gasteiger partial charge on any atom is 0.387 e. The number of halogens is 4. The number of alkyl halides is 2. The Morgan fingerprint density at radius 3 is 2.81 bits per heavy atom. The number of hydrogen-bond donors (Lipinski definition) is 2. The average Bonchev–Trinajstić information content (AvgIpc) is 2.79. The Kier molecular flexibility index (Phi) is 5.37. The lowest BCUT2D eigenvalue weighted by atomic mass is 10.0. The minimum atomic E-state index is -3.03. The Morgan fingerprint density at radius 1 is 1.52 bits per heavy atom. The van der Waals surface area contributed by atoms with Gasteiger partial charge in [-0.2, -0.15) is 8.78 Å². The van der Waals surface area contributed by atoms with E-state index in [2.05, 4.69) is 26.0 Å². The van der Waals surface area contributed by atoms with Crippen LogP contribution in [0, 0.1) is 5.92 Å². The Hall–Kier alpha value is -0.960. The van der Waals surface area contributed by atoms with Gasteiger partial charge in [0.05, 0.1) is 29.3 Å². The highest BCUT2D eigenvalue weighted by Gasteiger charge is 2.32. The summed E-state index contributed by atoms with van der Waals surface area (Å²) < 4.78 is 34.6. The van der Waals surface area contributed by atoms with Crippen molar-refractivity contribution in [1.82, 2.24) is 0 Å². The van der Waals surface area contributed by atoms with Crippen molar-refractivity contribution in [2.45, 2.75) is 12.7 Å². The van der Waals surface area contributed by atoms with Crippen molar-refractivity contribution in [3.63, 3.8) is 0 Å². The normalized spacial score (nSPS) is 21.6. The number of hydrogen-bond acceptors (Lipinski definition) is 4. The van der Waals surface area contributed by atoms with Crippen molar-refractivity contribution in [1.29, 1.82) is 0 Å². The lowest BCUT2D eigenvalue weighted by molar-refractivity contribution is -0.120. The van der Waals surface area contributed by atoms with Gasteiger partial charge in [-0.3, -0.25) is 4.79 Å². The van der Waals surface area contributed by atoms with Crippen LogP contribution in [0.1, 0.15) is 0 Å². The molecule has 21 heavy (non-hydrogen) atoms. The van der Waals surface area contributed by atoms with Crippen LogP contribution in [-0.2, 0) is 9.53 Å². The molecular formula is C12H12BrClF2N2O3. The zero-order valence-electron chi connectivity index (χ0n) is 10.6. The van der Waals surface area contributed by atoms with E-state index in [1.165, 1.54) is 12.1 Å². The van der Waals surface area contributed by atoms with Crippen LogP contribution in [0.5, 0.6) is 5.75 Å². The summed E-state index contributed by atoms with van der Waals surface area (Å²) in [5.74, 6) is -1.19. The third-order valence-electron chi connectivity index (χ3n) is 2.93. The summed E-state index contributed by atoms with van der Waals surface area (Å²) >= 11 is 8.93. The maximum absolute atomic E-state index is 12.5. The van der Waals surface area contributed by atoms with Gasteiger partial charge < -0.3 is 20.5 Å². The number of nitrogens with one attached hydrogen (secondary N) is 1. The second-order valence-electron chi connectivity index (χ2n) is 4.44. The zero-order chi connectivity index (χ0) is 15.6. The number of nitrogens with two attached hydrogens (primary N) is 1. The number of benzene rings is 1. The highest BCUT2D eigenvalue weighted by Crippen LogP contribution is 2.38. The minimum absolute atomic E-state index is 0.0405. The van der Waals surface area contributed by atoms with Gasteiger partial charge in [0.2, 0.25) is 5.91 Å². The molecule has 2 atom stereocenters. The molecule has 0 bridgehead atoms. The number of ether oxygens (including phenoxy) is 2. The van der Waals surface area contributed by atoms with E-state index in [-0.39, 0.29) is 34.1 Å². The smallest absolute Gasteiger partial charge is 0.387 e. The van der Waals surface area contributed by atoms with Crippen molar-refractivity contribution in [2.24, 2.45) is 11.7 Å². The molecule has 1 saturated heterocycles. The summed E-state index contributed by atoms with van der Waals surface area (Å²) in [6.07, 6.45) is 0. The van der Waals surface area contributed by atoms with Gasteiger partial charge in [0.1, 0.15) is 0 Å². The molecule has 1 aliphatic rings. The molecule has 1 aromatic carbocycles. The van der Waals surface area contributed by atoms with Gasteiger partial charge in [0.25, 0.3) is 0 Å². The van der Waals surface area contributed by atoms with E-state index in [0.717, 1.165) is 0 Å². The van der Waals surface area contributed by atoms with E-state index in [1.54, 1.807) is 0 Å². The first-order valence-electron chi connectivity index (χ1n) is 5.96. The molecule has 0 radical (unpaired) electrons. The number of rotatable bonds is 4. The maximum atomic E-state index is 12.5. The van der Waals surface area contributed by atoms with Crippen molar-refractivity contribution < 1.29 is 23.0 Å². The number of anilines is 1. The zero-order valence-corrected chi connectivity index (χ0v) is 13.0. The molecule has 0 aliphatic carbocycles. The first-order valence-corrected chi connectivity index (χ1v) is 7.13. The van der Waals surface area contributed by atoms with Crippen LogP contribution in [0.25, 0.3) is 0 Å². The monoisotopic (exact) mass is 384 g/mol. The summed E-state index contributed by atoms with van der Waals surface area (Å²) in [6.45, 7) is -2.58. The predicted molar refractivity (Wildman–Crippen MR) is 76.7 cm³/mol. The van der Waals surface area contributed by atoms with Crippen LogP contribution < -0.4 is 15.8 Å². The van der Waals surface area contributed by atoms with Crippen LogP contribution >= 0.6 is 27.5 Å². The molecule has 1 aromatic rings. The predicted octanol–water partition coefficient (Wildman–Crippen LogP) is 2.62. The highest BCUT2D eigenvalue weighted by atomic mass is 79.9. The van der Waals surface area contributed by atoms with Gasteiger partial charge in [-0.05, 0) is 28.1 Å². The van der Waals surface area contributed by atoms with Gasteiger partial charge in [-0.15, -0.1) is 0 Å². The lowest BCUT2D eigenvalue weighted by Gasteiger charge is -2.17. The van der Waals surface area contributed by atoms with Crippen LogP contribution in [-0.4, -0.2) is 31.8 Å². The van der Waals surface area contributed by atoms with Crippen LogP contribution in [0.15, 0.2) is 16.6 Å². The van der Waals surface area contributed by atoms with Crippen LogP contribution in [0.4, 0.5) is 14.5 Å². The van der Waals surface area contributed by atoms with Gasteiger partial charge in [-0.1, -0.05) is 11.6 Å². The van der Waals surface area contributed by atoms with Crippen LogP contribution in [0.2, 0.25) is 5.02 Å². The van der Waals surface area contributed by atoms with Gasteiger partial charge in [-0.25, -0.2) is 0 Å². The van der Waals surface area contributed by atoms with E-state index < -0.39 is 24.5 Å². The molecule has 1 amide bonds. The molecule has 0 spiro atoms. The first-order chi connectivity index (χ1) is 9.88. The van der Waals surface area contributed by atoms with E-state index in [9.17, 15) is 13.6 Å². The fraction of sp³-hybridized carbons (Fsp3) is 0.417. The van der Waals surface area contributed by atoms with E-state index >= 15 is 0 Å². The molecule has 0 aromatic heterocycles. The molecule has 2 unspecified atom stereocenters. The van der Waals surface area contributed by atoms with E-state index in [1.807, 2.05) is 0 Å². The van der Waals surface area contributed by atoms with Crippen molar-refractivity contribution in [2.75, 3.05) is 18.5 Å². The Bertz CT molecular complexity index is 547. The molecule has 1 aliphatic heterocycles. The molecule has 116 valence electrons. The van der Waals surface area contributed by atoms with Crippen molar-refractivity contribution in [3.05, 3.63) is 21.6 Å². The number of carbonyl (C=O) groups excluding carboxylic acids is 1. The molecule has 1 fully saturated rings. The molecule has 1 heterocycles. The minimum Gasteiger partial charge on any atom is -0.431 e. The SMILES string of the molecule is NC1COCC1C(=O)Nc1cc(Cl)cc(Br)c1OC(F)F. The molecular weight excluding hydrogens is 373 g/mol. The molecule has 0 saturated carbocycles. The van der Waals surface area contributed by atoms with Gasteiger partial charge in [0.15, 0.2) is 5.75 Å². The Morgan fingerprint density at radius 2 is 2.24 bits per heavy atom. The lowest BCUT2D eigenvalue weighted by Crippen LogP contribution is -2.37. The highest BCUT2D eigenvalue weighted by molar-refractivity contribution is 9.10. The number of amides is 1. The summed E-state index contributed by atoms with van der Waals surface area (Å²) in [5.41, 5.74) is 5.78. The fourth-order valence-corrected chi connectivity index (χ4v) is 2.83. The second kappa shape index (κ2) is 6.87. The fourth-order valence-electron chi connectivity index (χ4n) is 1.93. The van der Waals surface area contributed by atoms with Crippen molar-refractivity contribution in [3.8, 4) is 5.75 Å². The van der Waals surface area contributed by atoms with Crippen LogP contribution in [0.3, 0.4) is 0 Å². The molecule has 9 heteroatoms. The van der Waals surface area contributed by atoms with E-state index in [4.69, 9.17) is 22.1 Å². The molecule has 5 nitrogen and oxygen atoms in total. The molecule has 3 N–H and O–H groups in total.